The van der Waals surface area contributed by atoms with E-state index >= 15 is 0 Å². The summed E-state index contributed by atoms with van der Waals surface area (Å²) in [5.41, 5.74) is 1.77. The number of carbonyl (C=O) groups is 1. The Hall–Kier alpha value is -2.01. The SMILES string of the molecule is COc1ccccc1CCCNC(=O)CSCc1ccccc1F. The second kappa shape index (κ2) is 9.98. The van der Waals surface area contributed by atoms with Crippen LogP contribution in [0, 0.1) is 5.82 Å². The lowest BCUT2D eigenvalue weighted by Gasteiger charge is -2.09. The van der Waals surface area contributed by atoms with E-state index in [-0.39, 0.29) is 11.7 Å². The minimum Gasteiger partial charge on any atom is -0.496 e. The first kappa shape index (κ1) is 18.3. The molecule has 24 heavy (non-hydrogen) atoms. The van der Waals surface area contributed by atoms with Crippen molar-refractivity contribution in [3.05, 3.63) is 65.5 Å². The van der Waals surface area contributed by atoms with E-state index in [1.54, 1.807) is 25.3 Å². The fourth-order valence-electron chi connectivity index (χ4n) is 2.34. The summed E-state index contributed by atoms with van der Waals surface area (Å²) >= 11 is 1.42. The number of hydrogen-bond donors (Lipinski definition) is 1. The number of nitrogens with one attached hydrogen (secondary N) is 1. The van der Waals surface area contributed by atoms with E-state index in [1.807, 2.05) is 24.3 Å². The van der Waals surface area contributed by atoms with Gasteiger partial charge in [0, 0.05) is 12.3 Å². The van der Waals surface area contributed by atoms with E-state index in [4.69, 9.17) is 4.74 Å². The minimum absolute atomic E-state index is 0.0173. The summed E-state index contributed by atoms with van der Waals surface area (Å²) in [5.74, 6) is 1.48. The summed E-state index contributed by atoms with van der Waals surface area (Å²) in [5, 5.41) is 2.90. The third kappa shape index (κ3) is 5.89. The molecule has 2 aromatic carbocycles. The first-order valence-electron chi connectivity index (χ1n) is 7.90. The smallest absolute Gasteiger partial charge is 0.230 e. The number of thioether (sulfide) groups is 1. The highest BCUT2D eigenvalue weighted by Gasteiger charge is 2.05. The maximum Gasteiger partial charge on any atom is 0.230 e. The van der Waals surface area contributed by atoms with Crippen LogP contribution in [0.1, 0.15) is 17.5 Å². The van der Waals surface area contributed by atoms with Gasteiger partial charge in [-0.2, -0.15) is 0 Å². The maximum atomic E-state index is 13.5. The number of benzene rings is 2. The van der Waals surface area contributed by atoms with Crippen LogP contribution >= 0.6 is 11.8 Å². The molecular weight excluding hydrogens is 325 g/mol. The van der Waals surface area contributed by atoms with Crippen LogP contribution in [0.3, 0.4) is 0 Å². The van der Waals surface area contributed by atoms with Crippen molar-refractivity contribution in [3.8, 4) is 5.75 Å². The third-order valence-corrected chi connectivity index (χ3v) is 4.57. The highest BCUT2D eigenvalue weighted by atomic mass is 32.2. The molecule has 2 rings (SSSR count). The quantitative estimate of drug-likeness (QED) is 0.701. The van der Waals surface area contributed by atoms with E-state index in [1.165, 1.54) is 17.8 Å². The Balaban J connectivity index is 1.62. The van der Waals surface area contributed by atoms with E-state index in [0.717, 1.165) is 24.2 Å². The molecule has 1 amide bonds. The average molecular weight is 347 g/mol. The Morgan fingerprint density at radius 2 is 1.83 bits per heavy atom. The second-order valence-electron chi connectivity index (χ2n) is 5.35. The molecule has 0 radical (unpaired) electrons. The van der Waals surface area contributed by atoms with Crippen molar-refractivity contribution in [1.82, 2.24) is 5.32 Å². The van der Waals surface area contributed by atoms with Gasteiger partial charge in [-0.25, -0.2) is 4.39 Å². The molecular formula is C19H22FNO2S. The van der Waals surface area contributed by atoms with Gasteiger partial charge in [0.15, 0.2) is 0 Å². The zero-order chi connectivity index (χ0) is 17.2. The molecule has 3 nitrogen and oxygen atoms in total. The predicted octanol–water partition coefficient (Wildman–Crippen LogP) is 3.82. The second-order valence-corrected chi connectivity index (χ2v) is 6.34. The normalized spacial score (nSPS) is 10.4. The van der Waals surface area contributed by atoms with E-state index in [9.17, 15) is 9.18 Å². The molecule has 1 N–H and O–H groups in total. The van der Waals surface area contributed by atoms with Crippen LogP contribution in [0.15, 0.2) is 48.5 Å². The summed E-state index contributed by atoms with van der Waals surface area (Å²) in [6, 6.07) is 14.5. The Morgan fingerprint density at radius 1 is 1.12 bits per heavy atom. The molecule has 0 saturated heterocycles. The van der Waals surface area contributed by atoms with Crippen molar-refractivity contribution in [3.63, 3.8) is 0 Å². The number of para-hydroxylation sites is 1. The van der Waals surface area contributed by atoms with Crippen LogP contribution in [0.25, 0.3) is 0 Å². The number of halogens is 1. The fourth-order valence-corrected chi connectivity index (χ4v) is 3.18. The van der Waals surface area contributed by atoms with Crippen LogP contribution in [0.4, 0.5) is 4.39 Å². The molecule has 0 spiro atoms. The number of methoxy groups -OCH3 is 1. The average Bonchev–Trinajstić information content (AvgIpc) is 2.60. The van der Waals surface area contributed by atoms with Gasteiger partial charge >= 0.3 is 0 Å². The lowest BCUT2D eigenvalue weighted by Crippen LogP contribution is -2.26. The number of carbonyl (C=O) groups excluding carboxylic acids is 1. The molecule has 5 heteroatoms. The van der Waals surface area contributed by atoms with Crippen LogP contribution < -0.4 is 10.1 Å². The molecule has 0 atom stereocenters. The van der Waals surface area contributed by atoms with Gasteiger partial charge in [-0.3, -0.25) is 4.79 Å². The van der Waals surface area contributed by atoms with Gasteiger partial charge in [-0.15, -0.1) is 11.8 Å². The van der Waals surface area contributed by atoms with Gasteiger partial charge in [0.25, 0.3) is 0 Å². The van der Waals surface area contributed by atoms with Crippen molar-refractivity contribution in [2.45, 2.75) is 18.6 Å². The Kier molecular flexibility index (Phi) is 7.62. The highest BCUT2D eigenvalue weighted by molar-refractivity contribution is 7.99. The molecule has 0 fully saturated rings. The largest absolute Gasteiger partial charge is 0.496 e. The first-order valence-corrected chi connectivity index (χ1v) is 9.06. The van der Waals surface area contributed by atoms with Crippen molar-refractivity contribution in [2.24, 2.45) is 0 Å². The predicted molar refractivity (Wildman–Crippen MR) is 96.9 cm³/mol. The molecule has 128 valence electrons. The van der Waals surface area contributed by atoms with Gasteiger partial charge in [0.05, 0.1) is 12.9 Å². The summed E-state index contributed by atoms with van der Waals surface area (Å²) in [6.07, 6.45) is 1.71. The van der Waals surface area contributed by atoms with Crippen molar-refractivity contribution in [2.75, 3.05) is 19.4 Å². The van der Waals surface area contributed by atoms with Crippen LogP contribution in [-0.4, -0.2) is 25.3 Å². The summed E-state index contributed by atoms with van der Waals surface area (Å²) in [4.78, 5) is 11.8. The molecule has 0 saturated carbocycles. The van der Waals surface area contributed by atoms with Gasteiger partial charge in [0.1, 0.15) is 11.6 Å². The number of hydrogen-bond acceptors (Lipinski definition) is 3. The topological polar surface area (TPSA) is 38.3 Å². The van der Waals surface area contributed by atoms with Gasteiger partial charge in [0.2, 0.25) is 5.91 Å². The Bertz CT molecular complexity index is 663. The maximum absolute atomic E-state index is 13.5. The lowest BCUT2D eigenvalue weighted by atomic mass is 10.1. The number of ether oxygens (including phenoxy) is 1. The van der Waals surface area contributed by atoms with Crippen molar-refractivity contribution < 1.29 is 13.9 Å². The van der Waals surface area contributed by atoms with Gasteiger partial charge in [-0.1, -0.05) is 36.4 Å². The molecule has 0 aliphatic carbocycles. The summed E-state index contributed by atoms with van der Waals surface area (Å²) in [7, 11) is 1.66. The van der Waals surface area contributed by atoms with E-state index in [2.05, 4.69) is 5.32 Å². The van der Waals surface area contributed by atoms with Crippen molar-refractivity contribution >= 4 is 17.7 Å². The zero-order valence-electron chi connectivity index (χ0n) is 13.8. The third-order valence-electron chi connectivity index (χ3n) is 3.59. The number of amides is 1. The van der Waals surface area contributed by atoms with Gasteiger partial charge in [-0.05, 0) is 36.1 Å². The summed E-state index contributed by atoms with van der Waals surface area (Å²) in [6.45, 7) is 0.622. The molecule has 0 unspecified atom stereocenters. The Labute approximate surface area is 146 Å². The molecule has 0 aliphatic rings. The molecule has 0 heterocycles. The van der Waals surface area contributed by atoms with E-state index < -0.39 is 0 Å². The Morgan fingerprint density at radius 3 is 2.58 bits per heavy atom. The molecule has 0 bridgehead atoms. The zero-order valence-corrected chi connectivity index (χ0v) is 14.6. The van der Waals surface area contributed by atoms with E-state index in [0.29, 0.717) is 23.6 Å². The fraction of sp³-hybridized carbons (Fsp3) is 0.316. The number of rotatable bonds is 9. The highest BCUT2D eigenvalue weighted by Crippen LogP contribution is 2.18. The van der Waals surface area contributed by atoms with Crippen molar-refractivity contribution in [1.29, 1.82) is 0 Å². The lowest BCUT2D eigenvalue weighted by molar-refractivity contribution is -0.118. The summed E-state index contributed by atoms with van der Waals surface area (Å²) < 4.78 is 18.8. The molecule has 0 aromatic heterocycles. The van der Waals surface area contributed by atoms with Crippen LogP contribution in [0.5, 0.6) is 5.75 Å². The molecule has 0 aliphatic heterocycles. The monoisotopic (exact) mass is 347 g/mol. The molecule has 2 aromatic rings. The van der Waals surface area contributed by atoms with Crippen LogP contribution in [0.2, 0.25) is 0 Å². The first-order chi connectivity index (χ1) is 11.7. The van der Waals surface area contributed by atoms with Crippen LogP contribution in [-0.2, 0) is 17.0 Å². The number of aryl methyl sites for hydroxylation is 1. The minimum atomic E-state index is -0.220. The standard InChI is InChI=1S/C19H22FNO2S/c1-23-18-11-5-3-7-15(18)9-6-12-21-19(22)14-24-13-16-8-2-4-10-17(16)20/h2-5,7-8,10-11H,6,9,12-14H2,1H3,(H,21,22). The van der Waals surface area contributed by atoms with Gasteiger partial charge < -0.3 is 10.1 Å².